The van der Waals surface area contributed by atoms with Crippen LogP contribution in [0, 0.1) is 0 Å². The largest absolute Gasteiger partial charge is 0.497 e. The van der Waals surface area contributed by atoms with Crippen LogP contribution in [0.4, 0.5) is 0 Å². The minimum Gasteiger partial charge on any atom is -0.399 e. The van der Waals surface area contributed by atoms with Crippen molar-refractivity contribution in [2.75, 3.05) is 0 Å². The number of nitrogens with zero attached hydrogens (tertiary/aromatic N) is 6. The molecule has 0 atom stereocenters. The topological polar surface area (TPSA) is 111 Å². The Morgan fingerprint density at radius 1 is 0.632 bits per heavy atom. The number of pyridine rings is 4. The molecule has 0 unspecified atom stereocenters. The second-order valence-electron chi connectivity index (χ2n) is 15.4. The highest BCUT2D eigenvalue weighted by Gasteiger charge is 2.52. The number of aromatic amines is 2. The third-order valence-corrected chi connectivity index (χ3v) is 10.8. The van der Waals surface area contributed by atoms with Gasteiger partial charge in [-0.05, 0) is 136 Å². The summed E-state index contributed by atoms with van der Waals surface area (Å²) in [5, 5.41) is 4.57. The van der Waals surface area contributed by atoms with E-state index >= 15 is 0 Å². The zero-order chi connectivity index (χ0) is 41.5. The molecular formula is C43H52BBr2IN8O2. The van der Waals surface area contributed by atoms with Crippen LogP contribution in [-0.2, 0) is 9.31 Å². The molecule has 0 spiro atoms. The van der Waals surface area contributed by atoms with Crippen molar-refractivity contribution in [3.05, 3.63) is 113 Å². The van der Waals surface area contributed by atoms with Gasteiger partial charge in [0.2, 0.25) is 0 Å². The van der Waals surface area contributed by atoms with E-state index in [2.05, 4.69) is 187 Å². The summed E-state index contributed by atoms with van der Waals surface area (Å²) in [5.41, 5.74) is 4.32. The zero-order valence-electron chi connectivity index (χ0n) is 34.3. The predicted molar refractivity (Wildman–Crippen MR) is 253 cm³/mol. The van der Waals surface area contributed by atoms with Crippen molar-refractivity contribution in [2.45, 2.75) is 96.4 Å². The molecule has 0 aromatic carbocycles. The number of fused-ring (bicyclic) bond motifs is 4. The van der Waals surface area contributed by atoms with Crippen LogP contribution in [-0.4, -0.2) is 61.3 Å². The monoisotopic (exact) mass is 1010 g/mol. The van der Waals surface area contributed by atoms with Gasteiger partial charge < -0.3 is 28.4 Å². The van der Waals surface area contributed by atoms with E-state index in [0.29, 0.717) is 12.1 Å². The van der Waals surface area contributed by atoms with Crippen LogP contribution in [0.2, 0.25) is 0 Å². The normalized spacial score (nSPS) is 14.3. The Bertz CT molecular complexity index is 2460. The predicted octanol–water partition coefficient (Wildman–Crippen LogP) is 12.0. The highest BCUT2D eigenvalue weighted by Crippen LogP contribution is 2.37. The van der Waals surface area contributed by atoms with Crippen molar-refractivity contribution < 1.29 is 9.31 Å². The molecule has 0 amide bonds. The fourth-order valence-electron chi connectivity index (χ4n) is 5.90. The maximum atomic E-state index is 6.19. The smallest absolute Gasteiger partial charge is 0.399 e. The molecule has 0 bridgehead atoms. The van der Waals surface area contributed by atoms with E-state index in [1.807, 2.05) is 67.3 Å². The lowest BCUT2D eigenvalue weighted by Crippen LogP contribution is -2.41. The third-order valence-electron chi connectivity index (χ3n) is 9.50. The number of hydrogen-bond acceptors (Lipinski definition) is 6. The van der Waals surface area contributed by atoms with Crippen LogP contribution in [0.5, 0.6) is 0 Å². The van der Waals surface area contributed by atoms with Crippen LogP contribution in [0.1, 0.15) is 81.3 Å². The van der Waals surface area contributed by atoms with Crippen molar-refractivity contribution in [2.24, 2.45) is 0 Å². The average molecular weight is 1010 g/mol. The Hall–Kier alpha value is -3.57. The van der Waals surface area contributed by atoms with Gasteiger partial charge in [0.25, 0.3) is 0 Å². The number of H-pyrrole nitrogens is 2. The number of aromatic nitrogens is 8. The van der Waals surface area contributed by atoms with Gasteiger partial charge in [-0.15, -0.1) is 0 Å². The first-order chi connectivity index (χ1) is 27.0. The summed E-state index contributed by atoms with van der Waals surface area (Å²) in [6.45, 7) is 21.2. The first-order valence-electron chi connectivity index (χ1n) is 19.0. The molecule has 9 heterocycles. The molecule has 9 rings (SSSR count). The number of alkyl halides is 1. The molecule has 57 heavy (non-hydrogen) atoms. The molecule has 300 valence electrons. The zero-order valence-corrected chi connectivity index (χ0v) is 39.6. The summed E-state index contributed by atoms with van der Waals surface area (Å²) in [6, 6.07) is 18.8. The minimum absolute atomic E-state index is 0.327. The van der Waals surface area contributed by atoms with Gasteiger partial charge in [-0.2, -0.15) is 0 Å². The second-order valence-corrected chi connectivity index (χ2v) is 19.6. The number of nitrogens with one attached hydrogen (secondary N) is 2. The third kappa shape index (κ3) is 10.9. The van der Waals surface area contributed by atoms with Crippen molar-refractivity contribution in [3.63, 3.8) is 0 Å². The van der Waals surface area contributed by atoms with Gasteiger partial charge in [-0.25, -0.2) is 19.9 Å². The molecule has 8 aromatic heterocycles. The molecule has 1 aliphatic rings. The fraction of sp³-hybridized carbons (Fsp3) is 0.349. The highest BCUT2D eigenvalue weighted by molar-refractivity contribution is 14.1. The van der Waals surface area contributed by atoms with Crippen molar-refractivity contribution in [3.8, 4) is 0 Å². The Kier molecular flexibility index (Phi) is 15.2. The van der Waals surface area contributed by atoms with Crippen molar-refractivity contribution in [1.82, 2.24) is 39.0 Å². The Morgan fingerprint density at radius 2 is 1.12 bits per heavy atom. The van der Waals surface area contributed by atoms with E-state index < -0.39 is 0 Å². The second kappa shape index (κ2) is 19.5. The first kappa shape index (κ1) is 44.5. The molecule has 1 saturated heterocycles. The van der Waals surface area contributed by atoms with E-state index in [9.17, 15) is 0 Å². The number of hydrogen-bond donors (Lipinski definition) is 2. The minimum atomic E-state index is -0.346. The molecule has 8 aromatic rings. The summed E-state index contributed by atoms with van der Waals surface area (Å²) >= 11 is 9.26. The van der Waals surface area contributed by atoms with Gasteiger partial charge in [0.1, 0.15) is 22.6 Å². The van der Waals surface area contributed by atoms with Gasteiger partial charge in [-0.1, -0.05) is 42.5 Å². The Labute approximate surface area is 366 Å². The summed E-state index contributed by atoms with van der Waals surface area (Å²) in [4.78, 5) is 23.1. The number of halogens is 3. The highest BCUT2D eigenvalue weighted by atomic mass is 127. The Balaban J connectivity index is 0.000000148. The standard InChI is InChI=1S/C16H23BN2O2.C10H11BrN2.C7H5BrN2.C7H6N2.C3H7I/c1-11(2)19-10-13(12-8-7-9-18-14(12)19)17-20-15(3,4)16(5,6)21-17;1-7(2)13-6-9(11)8-4-3-5-12-10(8)13;8-6-4-10-7-5(6)2-1-3-9-7;1-2-6-3-5-9-7(6)8-4-1;1-3(2)4/h7-11H,1-6H3;3-7H,1-2H3;1-4H,(H,9,10);1-5H,(H,8,9);3H,1-2H3. The molecule has 14 heteroatoms. The maximum absolute atomic E-state index is 6.19. The van der Waals surface area contributed by atoms with Gasteiger partial charge in [0.05, 0.1) is 11.2 Å². The molecule has 2 N–H and O–H groups in total. The quantitative estimate of drug-likeness (QED) is 0.104. The summed E-state index contributed by atoms with van der Waals surface area (Å²) in [6.07, 6.45) is 15.2. The average Bonchev–Trinajstić information content (AvgIpc) is 3.99. The van der Waals surface area contributed by atoms with Crippen LogP contribution < -0.4 is 5.46 Å². The molecule has 0 saturated carbocycles. The summed E-state index contributed by atoms with van der Waals surface area (Å²) in [7, 11) is -0.346. The van der Waals surface area contributed by atoms with E-state index in [0.717, 1.165) is 57.1 Å². The lowest BCUT2D eigenvalue weighted by Gasteiger charge is -2.32. The lowest BCUT2D eigenvalue weighted by atomic mass is 9.79. The first-order valence-corrected chi connectivity index (χ1v) is 21.9. The lowest BCUT2D eigenvalue weighted by molar-refractivity contribution is 0.00578. The number of rotatable bonds is 3. The van der Waals surface area contributed by atoms with E-state index in [1.54, 1.807) is 12.4 Å². The van der Waals surface area contributed by atoms with Gasteiger partial charge in [-0.3, -0.25) is 0 Å². The van der Waals surface area contributed by atoms with Crippen molar-refractivity contribution >= 4 is 111 Å². The summed E-state index contributed by atoms with van der Waals surface area (Å²) < 4.78 is 19.7. The van der Waals surface area contributed by atoms with Crippen LogP contribution in [0.3, 0.4) is 0 Å². The molecule has 10 nitrogen and oxygen atoms in total. The van der Waals surface area contributed by atoms with Crippen LogP contribution >= 0.6 is 54.5 Å². The SMILES string of the molecule is Brc1c[nH]c2ncccc12.CC(C)I.CC(C)n1cc(B2OC(C)(C)C(C)(C)O2)c2cccnc21.CC(C)n1cc(Br)c2cccnc21.c1cnc2[nH]ccc2c1. The van der Waals surface area contributed by atoms with Gasteiger partial charge in [0, 0.05) is 102 Å². The van der Waals surface area contributed by atoms with Crippen molar-refractivity contribution in [1.29, 1.82) is 0 Å². The summed E-state index contributed by atoms with van der Waals surface area (Å²) in [5.74, 6) is 0. The van der Waals surface area contributed by atoms with Gasteiger partial charge >= 0.3 is 7.12 Å². The molecule has 0 aliphatic carbocycles. The van der Waals surface area contributed by atoms with E-state index in [4.69, 9.17) is 9.31 Å². The maximum Gasteiger partial charge on any atom is 0.497 e. The van der Waals surface area contributed by atoms with Crippen LogP contribution in [0.15, 0.2) is 113 Å². The molecular weight excluding hydrogens is 958 g/mol. The van der Waals surface area contributed by atoms with Gasteiger partial charge in [0.15, 0.2) is 0 Å². The molecule has 1 aliphatic heterocycles. The Morgan fingerprint density at radius 3 is 1.68 bits per heavy atom. The van der Waals surface area contributed by atoms with Crippen LogP contribution in [0.25, 0.3) is 44.1 Å². The fourth-order valence-corrected chi connectivity index (χ4v) is 6.87. The molecule has 1 fully saturated rings. The van der Waals surface area contributed by atoms with E-state index in [-0.39, 0.29) is 18.3 Å². The molecule has 0 radical (unpaired) electrons. The van der Waals surface area contributed by atoms with E-state index in [1.165, 1.54) is 5.39 Å².